The molecule has 5 heteroatoms. The summed E-state index contributed by atoms with van der Waals surface area (Å²) in [5.41, 5.74) is 1.41. The summed E-state index contributed by atoms with van der Waals surface area (Å²) >= 11 is 0. The maximum Gasteiger partial charge on any atom is 0.253 e. The Balaban J connectivity index is 1.68. The fraction of sp³-hybridized carbons (Fsp3) is 0.500. The van der Waals surface area contributed by atoms with Gasteiger partial charge in [0.1, 0.15) is 0 Å². The molecule has 2 saturated heterocycles. The number of anilines is 1. The number of piperidine rings is 2. The zero-order valence-corrected chi connectivity index (χ0v) is 12.3. The Kier molecular flexibility index (Phi) is 3.92. The lowest BCUT2D eigenvalue weighted by atomic mass is 9.85. The monoisotopic (exact) mass is 287 g/mol. The highest BCUT2D eigenvalue weighted by Crippen LogP contribution is 2.25. The third kappa shape index (κ3) is 3.24. The molecule has 2 atom stereocenters. The highest BCUT2D eigenvalue weighted by atomic mass is 16.2. The number of rotatable bonds is 2. The van der Waals surface area contributed by atoms with Crippen LogP contribution in [0.25, 0.3) is 0 Å². The summed E-state index contributed by atoms with van der Waals surface area (Å²) in [7, 11) is 0. The lowest BCUT2D eigenvalue weighted by Crippen LogP contribution is -2.52. The van der Waals surface area contributed by atoms with Crippen LogP contribution >= 0.6 is 0 Å². The van der Waals surface area contributed by atoms with E-state index in [-0.39, 0.29) is 11.8 Å². The molecule has 2 heterocycles. The Morgan fingerprint density at radius 3 is 2.33 bits per heavy atom. The normalized spacial score (nSPS) is 24.5. The summed E-state index contributed by atoms with van der Waals surface area (Å²) in [4.78, 5) is 25.6. The summed E-state index contributed by atoms with van der Waals surface area (Å²) in [5, 5.41) is 6.14. The topological polar surface area (TPSA) is 61.4 Å². The van der Waals surface area contributed by atoms with Crippen LogP contribution in [0.3, 0.4) is 0 Å². The summed E-state index contributed by atoms with van der Waals surface area (Å²) in [6.45, 7) is 5.19. The standard InChI is InChI=1S/C16H21N3O2/c1-11(20)18-15-4-2-14(3-5-15)16(21)19-9-12-6-13(10-19)8-17-7-12/h2-5,12-13,17H,6-10H2,1H3,(H,18,20). The molecule has 2 aliphatic heterocycles. The molecule has 1 aromatic carbocycles. The van der Waals surface area contributed by atoms with Gasteiger partial charge < -0.3 is 15.5 Å². The Bertz CT molecular complexity index is 529. The van der Waals surface area contributed by atoms with E-state index in [1.807, 2.05) is 4.90 Å². The van der Waals surface area contributed by atoms with Gasteiger partial charge in [0.05, 0.1) is 0 Å². The largest absolute Gasteiger partial charge is 0.338 e. The fourth-order valence-corrected chi connectivity index (χ4v) is 3.35. The zero-order chi connectivity index (χ0) is 14.8. The molecule has 2 N–H and O–H groups in total. The molecule has 112 valence electrons. The van der Waals surface area contributed by atoms with Crippen LogP contribution in [0.15, 0.2) is 24.3 Å². The minimum Gasteiger partial charge on any atom is -0.338 e. The van der Waals surface area contributed by atoms with Gasteiger partial charge in [0, 0.05) is 31.3 Å². The average molecular weight is 287 g/mol. The van der Waals surface area contributed by atoms with Crippen molar-refractivity contribution in [3.63, 3.8) is 0 Å². The highest BCUT2D eigenvalue weighted by Gasteiger charge is 2.32. The van der Waals surface area contributed by atoms with Crippen molar-refractivity contribution in [2.45, 2.75) is 13.3 Å². The first-order valence-corrected chi connectivity index (χ1v) is 7.49. The first kappa shape index (κ1) is 14.1. The minimum atomic E-state index is -0.106. The van der Waals surface area contributed by atoms with Crippen molar-refractivity contribution in [2.75, 3.05) is 31.5 Å². The highest BCUT2D eigenvalue weighted by molar-refractivity contribution is 5.95. The molecule has 0 radical (unpaired) electrons. The molecule has 2 aliphatic rings. The van der Waals surface area contributed by atoms with Crippen LogP contribution in [-0.2, 0) is 4.79 Å². The zero-order valence-electron chi connectivity index (χ0n) is 12.3. The second-order valence-corrected chi connectivity index (χ2v) is 6.09. The number of carbonyl (C=O) groups is 2. The van der Waals surface area contributed by atoms with E-state index < -0.39 is 0 Å². The summed E-state index contributed by atoms with van der Waals surface area (Å²) < 4.78 is 0. The van der Waals surface area contributed by atoms with Crippen molar-refractivity contribution in [3.05, 3.63) is 29.8 Å². The predicted octanol–water partition coefficient (Wildman–Crippen LogP) is 1.33. The summed E-state index contributed by atoms with van der Waals surface area (Å²) in [5.74, 6) is 1.16. The first-order chi connectivity index (χ1) is 10.1. The number of nitrogens with one attached hydrogen (secondary N) is 2. The lowest BCUT2D eigenvalue weighted by molar-refractivity contribution is -0.114. The van der Waals surface area contributed by atoms with E-state index in [0.29, 0.717) is 17.4 Å². The van der Waals surface area contributed by atoms with Gasteiger partial charge in [-0.25, -0.2) is 0 Å². The van der Waals surface area contributed by atoms with Gasteiger partial charge >= 0.3 is 0 Å². The van der Waals surface area contributed by atoms with Crippen LogP contribution in [-0.4, -0.2) is 42.9 Å². The number of hydrogen-bond acceptors (Lipinski definition) is 3. The molecule has 0 saturated carbocycles. The third-order valence-electron chi connectivity index (χ3n) is 4.23. The Labute approximate surface area is 124 Å². The Hall–Kier alpha value is -1.88. The van der Waals surface area contributed by atoms with Crippen molar-refractivity contribution in [1.82, 2.24) is 10.2 Å². The van der Waals surface area contributed by atoms with Crippen molar-refractivity contribution in [1.29, 1.82) is 0 Å². The lowest BCUT2D eigenvalue weighted by Gasteiger charge is -2.41. The average Bonchev–Trinajstić information content (AvgIpc) is 2.46. The number of nitrogens with zero attached hydrogens (tertiary/aromatic N) is 1. The predicted molar refractivity (Wildman–Crippen MR) is 81.1 cm³/mol. The number of benzene rings is 1. The quantitative estimate of drug-likeness (QED) is 0.862. The molecule has 0 spiro atoms. The molecule has 2 unspecified atom stereocenters. The maximum atomic E-state index is 12.6. The van der Waals surface area contributed by atoms with Gasteiger partial charge in [-0.3, -0.25) is 9.59 Å². The van der Waals surface area contributed by atoms with Crippen LogP contribution < -0.4 is 10.6 Å². The van der Waals surface area contributed by atoms with E-state index in [1.165, 1.54) is 13.3 Å². The van der Waals surface area contributed by atoms with Gasteiger partial charge in [-0.15, -0.1) is 0 Å². The molecule has 0 aliphatic carbocycles. The van der Waals surface area contributed by atoms with Crippen LogP contribution in [0.5, 0.6) is 0 Å². The molecular weight excluding hydrogens is 266 g/mol. The second-order valence-electron chi connectivity index (χ2n) is 6.09. The molecular formula is C16H21N3O2. The summed E-state index contributed by atoms with van der Waals surface area (Å²) in [6, 6.07) is 7.13. The van der Waals surface area contributed by atoms with Gasteiger partial charge in [0.2, 0.25) is 5.91 Å². The maximum absolute atomic E-state index is 12.6. The van der Waals surface area contributed by atoms with Crippen LogP contribution in [0.4, 0.5) is 5.69 Å². The fourth-order valence-electron chi connectivity index (χ4n) is 3.35. The van der Waals surface area contributed by atoms with Gasteiger partial charge in [0.25, 0.3) is 5.91 Å². The molecule has 3 rings (SSSR count). The van der Waals surface area contributed by atoms with E-state index in [1.54, 1.807) is 24.3 Å². The molecule has 0 aromatic heterocycles. The van der Waals surface area contributed by atoms with E-state index >= 15 is 0 Å². The number of fused-ring (bicyclic) bond motifs is 2. The molecule has 2 amide bonds. The molecule has 21 heavy (non-hydrogen) atoms. The van der Waals surface area contributed by atoms with E-state index in [9.17, 15) is 9.59 Å². The third-order valence-corrected chi connectivity index (χ3v) is 4.23. The van der Waals surface area contributed by atoms with Crippen molar-refractivity contribution >= 4 is 17.5 Å². The smallest absolute Gasteiger partial charge is 0.253 e. The van der Waals surface area contributed by atoms with Crippen molar-refractivity contribution in [3.8, 4) is 0 Å². The van der Waals surface area contributed by atoms with Crippen molar-refractivity contribution in [2.24, 2.45) is 11.8 Å². The number of likely N-dealkylation sites (tertiary alicyclic amines) is 1. The Morgan fingerprint density at radius 1 is 1.14 bits per heavy atom. The molecule has 2 fully saturated rings. The van der Waals surface area contributed by atoms with Crippen molar-refractivity contribution < 1.29 is 9.59 Å². The van der Waals surface area contributed by atoms with Gasteiger partial charge in [-0.2, -0.15) is 0 Å². The number of carbonyl (C=O) groups excluding carboxylic acids is 2. The van der Waals surface area contributed by atoms with Crippen LogP contribution in [0.1, 0.15) is 23.7 Å². The van der Waals surface area contributed by atoms with Crippen LogP contribution in [0, 0.1) is 11.8 Å². The van der Waals surface area contributed by atoms with Gasteiger partial charge in [-0.1, -0.05) is 0 Å². The minimum absolute atomic E-state index is 0.0981. The molecule has 2 bridgehead atoms. The van der Waals surface area contributed by atoms with E-state index in [0.717, 1.165) is 31.9 Å². The first-order valence-electron chi connectivity index (χ1n) is 7.49. The molecule has 1 aromatic rings. The molecule has 5 nitrogen and oxygen atoms in total. The SMILES string of the molecule is CC(=O)Nc1ccc(C(=O)N2CC3CNCC(C3)C2)cc1. The van der Waals surface area contributed by atoms with Gasteiger partial charge in [-0.05, 0) is 55.6 Å². The number of hydrogen-bond donors (Lipinski definition) is 2. The van der Waals surface area contributed by atoms with Gasteiger partial charge in [0.15, 0.2) is 0 Å². The van der Waals surface area contributed by atoms with E-state index in [4.69, 9.17) is 0 Å². The number of amides is 2. The summed E-state index contributed by atoms with van der Waals surface area (Å²) in [6.07, 6.45) is 1.23. The Morgan fingerprint density at radius 2 is 1.76 bits per heavy atom. The van der Waals surface area contributed by atoms with E-state index in [2.05, 4.69) is 10.6 Å². The van der Waals surface area contributed by atoms with Crippen LogP contribution in [0.2, 0.25) is 0 Å². The second kappa shape index (κ2) is 5.85.